The monoisotopic (exact) mass is 283 g/mol. The molecule has 2 aromatic rings. The third-order valence-corrected chi connectivity index (χ3v) is 4.32. The van der Waals surface area contributed by atoms with Crippen LogP contribution in [0.1, 0.15) is 0 Å². The first kappa shape index (κ1) is 11.8. The maximum atomic E-state index is 6.02. The van der Waals surface area contributed by atoms with E-state index in [0.29, 0.717) is 0 Å². The lowest BCUT2D eigenvalue weighted by molar-refractivity contribution is 0.446. The van der Waals surface area contributed by atoms with Crippen LogP contribution < -0.4 is 15.2 Å². The van der Waals surface area contributed by atoms with Crippen molar-refractivity contribution in [2.75, 3.05) is 0 Å². The molecular formula is C20H13NO. The molecule has 2 aromatic carbocycles. The Kier molecular flexibility index (Phi) is 2.30. The van der Waals surface area contributed by atoms with Gasteiger partial charge in [-0.2, -0.15) is 0 Å². The maximum absolute atomic E-state index is 6.02. The SMILES string of the molecule is C1=C2Oc3ccccc3N=C2C2C=c3ccccc3=CC2=C1. The van der Waals surface area contributed by atoms with Crippen LogP contribution in [-0.4, -0.2) is 5.71 Å². The predicted molar refractivity (Wildman–Crippen MR) is 88.4 cm³/mol. The van der Waals surface area contributed by atoms with Gasteiger partial charge < -0.3 is 4.74 Å². The van der Waals surface area contributed by atoms with Gasteiger partial charge in [-0.1, -0.05) is 54.6 Å². The molecule has 0 radical (unpaired) electrons. The fourth-order valence-corrected chi connectivity index (χ4v) is 3.23. The first-order valence-electron chi connectivity index (χ1n) is 7.45. The minimum absolute atomic E-state index is 0.170. The van der Waals surface area contributed by atoms with Crippen LogP contribution in [0.2, 0.25) is 0 Å². The first-order valence-corrected chi connectivity index (χ1v) is 7.45. The van der Waals surface area contributed by atoms with Crippen molar-refractivity contribution in [1.29, 1.82) is 0 Å². The summed E-state index contributed by atoms with van der Waals surface area (Å²) in [6.45, 7) is 0. The van der Waals surface area contributed by atoms with Crippen LogP contribution >= 0.6 is 0 Å². The van der Waals surface area contributed by atoms with Gasteiger partial charge in [-0.3, -0.25) is 0 Å². The van der Waals surface area contributed by atoms with Crippen molar-refractivity contribution >= 4 is 23.6 Å². The average molecular weight is 283 g/mol. The number of ether oxygens (including phenoxy) is 1. The highest BCUT2D eigenvalue weighted by Crippen LogP contribution is 2.38. The Balaban J connectivity index is 1.74. The van der Waals surface area contributed by atoms with Crippen LogP contribution in [0, 0.1) is 5.92 Å². The second-order valence-electron chi connectivity index (χ2n) is 5.68. The highest BCUT2D eigenvalue weighted by Gasteiger charge is 2.29. The van der Waals surface area contributed by atoms with Gasteiger partial charge in [0.1, 0.15) is 11.4 Å². The summed E-state index contributed by atoms with van der Waals surface area (Å²) in [4.78, 5) is 4.86. The Bertz CT molecular complexity index is 1010. The fourth-order valence-electron chi connectivity index (χ4n) is 3.23. The molecule has 0 saturated heterocycles. The Morgan fingerprint density at radius 1 is 0.864 bits per heavy atom. The normalized spacial score (nSPS) is 20.4. The zero-order chi connectivity index (χ0) is 14.5. The van der Waals surface area contributed by atoms with Gasteiger partial charge in [0.05, 0.1) is 5.71 Å². The van der Waals surface area contributed by atoms with Gasteiger partial charge >= 0.3 is 0 Å². The molecular weight excluding hydrogens is 270 g/mol. The van der Waals surface area contributed by atoms with E-state index in [9.17, 15) is 0 Å². The molecule has 1 aliphatic heterocycles. The molecule has 2 nitrogen and oxygen atoms in total. The molecule has 3 aliphatic rings. The summed E-state index contributed by atoms with van der Waals surface area (Å²) in [5.74, 6) is 1.86. The number of benzene rings is 2. The second-order valence-corrected chi connectivity index (χ2v) is 5.68. The summed E-state index contributed by atoms with van der Waals surface area (Å²) < 4.78 is 6.02. The number of hydrogen-bond acceptors (Lipinski definition) is 2. The van der Waals surface area contributed by atoms with E-state index in [2.05, 4.69) is 42.5 Å². The number of allylic oxidation sites excluding steroid dienone is 4. The van der Waals surface area contributed by atoms with Crippen LogP contribution in [0.3, 0.4) is 0 Å². The van der Waals surface area contributed by atoms with Crippen LogP contribution in [0.4, 0.5) is 5.69 Å². The number of aliphatic imine (C=N–C) groups is 1. The molecule has 2 heteroatoms. The van der Waals surface area contributed by atoms with Crippen LogP contribution in [-0.2, 0) is 0 Å². The van der Waals surface area contributed by atoms with E-state index in [1.165, 1.54) is 16.0 Å². The molecule has 0 saturated carbocycles. The summed E-state index contributed by atoms with van der Waals surface area (Å²) in [5, 5.41) is 2.52. The number of nitrogens with zero attached hydrogens (tertiary/aromatic N) is 1. The molecule has 0 fully saturated rings. The number of hydrogen-bond donors (Lipinski definition) is 0. The van der Waals surface area contributed by atoms with Crippen molar-refractivity contribution in [1.82, 2.24) is 0 Å². The lowest BCUT2D eigenvalue weighted by Gasteiger charge is -2.28. The maximum Gasteiger partial charge on any atom is 0.153 e. The molecule has 1 atom stereocenters. The first-order chi connectivity index (χ1) is 10.9. The fraction of sp³-hybridized carbons (Fsp3) is 0.0500. The zero-order valence-electron chi connectivity index (χ0n) is 11.9. The van der Waals surface area contributed by atoms with E-state index in [4.69, 9.17) is 9.73 Å². The molecule has 22 heavy (non-hydrogen) atoms. The van der Waals surface area contributed by atoms with Gasteiger partial charge in [-0.25, -0.2) is 4.99 Å². The molecule has 0 spiro atoms. The molecule has 0 aromatic heterocycles. The summed E-state index contributed by atoms with van der Waals surface area (Å²) in [7, 11) is 0. The lowest BCUT2D eigenvalue weighted by atomic mass is 9.83. The second kappa shape index (κ2) is 4.31. The molecule has 1 unspecified atom stereocenters. The molecule has 104 valence electrons. The minimum Gasteiger partial charge on any atom is -0.453 e. The predicted octanol–water partition coefficient (Wildman–Crippen LogP) is 2.87. The summed E-state index contributed by atoms with van der Waals surface area (Å²) in [6.07, 6.45) is 8.69. The Labute approximate surface area is 128 Å². The van der Waals surface area contributed by atoms with Crippen molar-refractivity contribution in [2.45, 2.75) is 0 Å². The van der Waals surface area contributed by atoms with Gasteiger partial charge in [0.25, 0.3) is 0 Å². The van der Waals surface area contributed by atoms with Crippen molar-refractivity contribution in [3.05, 3.63) is 82.5 Å². The van der Waals surface area contributed by atoms with Crippen molar-refractivity contribution in [3.8, 4) is 5.75 Å². The molecule has 0 bridgehead atoms. The van der Waals surface area contributed by atoms with E-state index in [1.54, 1.807) is 0 Å². The standard InChI is InChI=1S/C20H13NO/c1-2-6-14-12-16-15(11-13(14)5-1)9-10-19-20(16)21-17-7-3-4-8-18(17)22-19/h1-12,16H. The summed E-state index contributed by atoms with van der Waals surface area (Å²) in [6, 6.07) is 16.4. The summed E-state index contributed by atoms with van der Waals surface area (Å²) in [5.41, 5.74) is 3.18. The van der Waals surface area contributed by atoms with E-state index in [-0.39, 0.29) is 5.92 Å². The van der Waals surface area contributed by atoms with E-state index in [1.807, 2.05) is 30.3 Å². The highest BCUT2D eigenvalue weighted by atomic mass is 16.5. The molecule has 0 N–H and O–H groups in total. The van der Waals surface area contributed by atoms with E-state index >= 15 is 0 Å². The molecule has 0 amide bonds. The third kappa shape index (κ3) is 1.64. The van der Waals surface area contributed by atoms with Crippen molar-refractivity contribution < 1.29 is 4.74 Å². The Hall–Kier alpha value is -2.87. The molecule has 5 rings (SSSR count). The summed E-state index contributed by atoms with van der Waals surface area (Å²) >= 11 is 0. The number of fused-ring (bicyclic) bond motifs is 5. The quantitative estimate of drug-likeness (QED) is 0.728. The van der Waals surface area contributed by atoms with Gasteiger partial charge in [0.2, 0.25) is 0 Å². The van der Waals surface area contributed by atoms with Gasteiger partial charge in [-0.15, -0.1) is 0 Å². The van der Waals surface area contributed by atoms with Crippen LogP contribution in [0.5, 0.6) is 5.75 Å². The average Bonchev–Trinajstić information content (AvgIpc) is 2.58. The zero-order valence-corrected chi connectivity index (χ0v) is 11.9. The van der Waals surface area contributed by atoms with Crippen molar-refractivity contribution in [3.63, 3.8) is 0 Å². The lowest BCUT2D eigenvalue weighted by Crippen LogP contribution is -2.34. The van der Waals surface area contributed by atoms with Crippen molar-refractivity contribution in [2.24, 2.45) is 10.9 Å². The smallest absolute Gasteiger partial charge is 0.153 e. The van der Waals surface area contributed by atoms with Crippen LogP contribution in [0.15, 0.2) is 77.0 Å². The molecule has 2 aliphatic carbocycles. The highest BCUT2D eigenvalue weighted by molar-refractivity contribution is 6.10. The number of rotatable bonds is 0. The molecule has 1 heterocycles. The Morgan fingerprint density at radius 2 is 1.68 bits per heavy atom. The van der Waals surface area contributed by atoms with Gasteiger partial charge in [0, 0.05) is 5.92 Å². The number of para-hydroxylation sites is 2. The minimum atomic E-state index is 0.170. The van der Waals surface area contributed by atoms with E-state index < -0.39 is 0 Å². The van der Waals surface area contributed by atoms with Gasteiger partial charge in [-0.05, 0) is 34.2 Å². The Morgan fingerprint density at radius 3 is 2.64 bits per heavy atom. The largest absolute Gasteiger partial charge is 0.453 e. The van der Waals surface area contributed by atoms with Gasteiger partial charge in [0.15, 0.2) is 5.75 Å². The van der Waals surface area contributed by atoms with Crippen LogP contribution in [0.25, 0.3) is 12.2 Å². The third-order valence-electron chi connectivity index (χ3n) is 4.32. The van der Waals surface area contributed by atoms with E-state index in [0.717, 1.165) is 22.9 Å². The topological polar surface area (TPSA) is 21.6 Å².